The van der Waals surface area contributed by atoms with Crippen molar-refractivity contribution in [3.05, 3.63) is 0 Å². The van der Waals surface area contributed by atoms with E-state index in [0.717, 1.165) is 0 Å². The van der Waals surface area contributed by atoms with E-state index in [0.29, 0.717) is 5.84 Å². The molecule has 0 saturated heterocycles. The van der Waals surface area contributed by atoms with Crippen molar-refractivity contribution >= 4 is 17.4 Å². The van der Waals surface area contributed by atoms with E-state index in [1.807, 2.05) is 0 Å². The lowest BCUT2D eigenvalue weighted by molar-refractivity contribution is 1.01. The quantitative estimate of drug-likeness (QED) is 0.129. The molecule has 0 saturated carbocycles. The number of alkyl halides is 1. The third-order valence-electron chi connectivity index (χ3n) is 0.506. The molecule has 7 heavy (non-hydrogen) atoms. The van der Waals surface area contributed by atoms with E-state index in [2.05, 4.69) is 10.4 Å². The molecule has 0 aliphatic heterocycles. The van der Waals surface area contributed by atoms with E-state index in [9.17, 15) is 0 Å². The molecule has 0 aliphatic carbocycles. The molecule has 42 valence electrons. The van der Waals surface area contributed by atoms with Crippen LogP contribution in [0.3, 0.4) is 0 Å². The second-order valence-electron chi connectivity index (χ2n) is 1.01. The van der Waals surface area contributed by atoms with E-state index in [-0.39, 0.29) is 6.00 Å². The molecule has 0 spiro atoms. The Morgan fingerprint density at radius 1 is 2.00 bits per heavy atom. The lowest BCUT2D eigenvalue weighted by atomic mass is 10.7. The number of hydrogen-bond acceptors (Lipinski definition) is 2. The monoisotopic (exact) mass is 121 g/mol. The van der Waals surface area contributed by atoms with Crippen LogP contribution < -0.4 is 11.3 Å². The Labute approximate surface area is 47.5 Å². The summed E-state index contributed by atoms with van der Waals surface area (Å²) < 4.78 is 0. The zero-order valence-corrected chi connectivity index (χ0v) is 4.87. The van der Waals surface area contributed by atoms with Crippen LogP contribution in [0, 0.1) is 0 Å². The highest BCUT2D eigenvalue weighted by atomic mass is 35.5. The maximum atomic E-state index is 5.19. The summed E-state index contributed by atoms with van der Waals surface area (Å²) in [6, 6.07) is 0.260. The van der Waals surface area contributed by atoms with Crippen LogP contribution in [-0.2, 0) is 0 Å². The third kappa shape index (κ3) is 3.55. The Kier molecular flexibility index (Phi) is 3.74. The summed E-state index contributed by atoms with van der Waals surface area (Å²) in [6.45, 7) is 1.74. The Balaban J connectivity index is 3.29. The molecule has 0 amide bonds. The highest BCUT2D eigenvalue weighted by molar-refractivity contribution is 6.18. The SMILES string of the molecule is CC(=NCCl)NN. The molecule has 0 bridgehead atoms. The summed E-state index contributed by atoms with van der Waals surface area (Å²) in [4.78, 5) is 3.69. The van der Waals surface area contributed by atoms with Gasteiger partial charge in [-0.15, -0.1) is 11.6 Å². The van der Waals surface area contributed by atoms with Gasteiger partial charge in [-0.2, -0.15) is 0 Å². The Hall–Kier alpha value is -0.280. The van der Waals surface area contributed by atoms with Crippen LogP contribution in [0.25, 0.3) is 0 Å². The third-order valence-corrected chi connectivity index (χ3v) is 0.625. The number of aliphatic imine (C=N–C) groups is 1. The number of nitrogens with two attached hydrogens (primary N) is 1. The number of hydrazine groups is 1. The molecule has 0 fully saturated rings. The number of amidine groups is 1. The van der Waals surface area contributed by atoms with Crippen LogP contribution in [0.4, 0.5) is 0 Å². The van der Waals surface area contributed by atoms with Crippen molar-refractivity contribution in [1.82, 2.24) is 5.43 Å². The molecule has 0 rings (SSSR count). The average molecular weight is 122 g/mol. The van der Waals surface area contributed by atoms with E-state index >= 15 is 0 Å². The maximum Gasteiger partial charge on any atom is 0.115 e. The highest BCUT2D eigenvalue weighted by Gasteiger charge is 1.76. The standard InChI is InChI=1S/C3H8ClN3/c1-3(7-5)6-2-4/h2,5H2,1H3,(H,6,7). The molecular weight excluding hydrogens is 114 g/mol. The molecule has 3 nitrogen and oxygen atoms in total. The van der Waals surface area contributed by atoms with Gasteiger partial charge in [-0.1, -0.05) is 0 Å². The first kappa shape index (κ1) is 6.72. The van der Waals surface area contributed by atoms with Crippen molar-refractivity contribution in [3.63, 3.8) is 0 Å². The van der Waals surface area contributed by atoms with Gasteiger partial charge in [-0.05, 0) is 6.92 Å². The maximum absolute atomic E-state index is 5.19. The molecule has 0 aromatic heterocycles. The first-order valence-corrected chi connectivity index (χ1v) is 2.38. The first-order valence-electron chi connectivity index (χ1n) is 1.85. The minimum atomic E-state index is 0.260. The Bertz CT molecular complexity index is 70.6. The van der Waals surface area contributed by atoms with Crippen molar-refractivity contribution in [2.24, 2.45) is 10.8 Å². The minimum absolute atomic E-state index is 0.260. The first-order chi connectivity index (χ1) is 3.31. The number of hydrogen-bond donors (Lipinski definition) is 2. The largest absolute Gasteiger partial charge is 0.313 e. The summed E-state index contributed by atoms with van der Waals surface area (Å²) in [7, 11) is 0. The smallest absolute Gasteiger partial charge is 0.115 e. The number of rotatable bonds is 1. The predicted octanol–water partition coefficient (Wildman–Crippen LogP) is 0.0644. The van der Waals surface area contributed by atoms with Gasteiger partial charge >= 0.3 is 0 Å². The van der Waals surface area contributed by atoms with Crippen molar-refractivity contribution in [3.8, 4) is 0 Å². The Morgan fingerprint density at radius 2 is 2.57 bits per heavy atom. The molecule has 0 heterocycles. The summed E-state index contributed by atoms with van der Waals surface area (Å²) in [5.74, 6) is 5.57. The molecule has 0 atom stereocenters. The van der Waals surface area contributed by atoms with Gasteiger partial charge in [0.15, 0.2) is 0 Å². The van der Waals surface area contributed by atoms with Crippen molar-refractivity contribution in [2.75, 3.05) is 6.00 Å². The van der Waals surface area contributed by atoms with Gasteiger partial charge in [0.1, 0.15) is 11.8 Å². The van der Waals surface area contributed by atoms with Crippen LogP contribution in [0.1, 0.15) is 6.92 Å². The predicted molar refractivity (Wildman–Crippen MR) is 31.2 cm³/mol. The molecule has 4 heteroatoms. The van der Waals surface area contributed by atoms with Crippen molar-refractivity contribution in [1.29, 1.82) is 0 Å². The molecule has 0 aromatic carbocycles. The zero-order valence-electron chi connectivity index (χ0n) is 4.11. The van der Waals surface area contributed by atoms with Gasteiger partial charge in [-0.3, -0.25) is 4.99 Å². The van der Waals surface area contributed by atoms with Gasteiger partial charge < -0.3 is 5.43 Å². The number of halogens is 1. The zero-order chi connectivity index (χ0) is 5.70. The van der Waals surface area contributed by atoms with Crippen molar-refractivity contribution < 1.29 is 0 Å². The number of nitrogens with one attached hydrogen (secondary N) is 1. The van der Waals surface area contributed by atoms with Gasteiger partial charge in [0.25, 0.3) is 0 Å². The average Bonchev–Trinajstić information content (AvgIpc) is 1.68. The lowest BCUT2D eigenvalue weighted by Crippen LogP contribution is -2.27. The fourth-order valence-electron chi connectivity index (χ4n) is 0.135. The summed E-state index contributed by atoms with van der Waals surface area (Å²) in [6.07, 6.45) is 0. The van der Waals surface area contributed by atoms with Gasteiger partial charge in [-0.25, -0.2) is 5.84 Å². The molecular formula is C3H8ClN3. The second-order valence-corrected chi connectivity index (χ2v) is 1.25. The molecule has 0 aliphatic rings. The lowest BCUT2D eigenvalue weighted by Gasteiger charge is -1.92. The van der Waals surface area contributed by atoms with E-state index < -0.39 is 0 Å². The van der Waals surface area contributed by atoms with Crippen LogP contribution in [0.5, 0.6) is 0 Å². The van der Waals surface area contributed by atoms with Gasteiger partial charge in [0.05, 0.1) is 0 Å². The van der Waals surface area contributed by atoms with E-state index in [4.69, 9.17) is 17.4 Å². The Morgan fingerprint density at radius 3 is 2.71 bits per heavy atom. The minimum Gasteiger partial charge on any atom is -0.313 e. The van der Waals surface area contributed by atoms with E-state index in [1.54, 1.807) is 6.92 Å². The fraction of sp³-hybridized carbons (Fsp3) is 0.667. The van der Waals surface area contributed by atoms with Crippen LogP contribution in [0.15, 0.2) is 4.99 Å². The van der Waals surface area contributed by atoms with Crippen LogP contribution in [0.2, 0.25) is 0 Å². The van der Waals surface area contributed by atoms with Gasteiger partial charge in [0, 0.05) is 0 Å². The normalized spacial score (nSPS) is 11.6. The molecule has 0 radical (unpaired) electrons. The number of nitrogens with zero attached hydrogens (tertiary/aromatic N) is 1. The summed E-state index contributed by atoms with van der Waals surface area (Å²) in [5, 5.41) is 0. The van der Waals surface area contributed by atoms with Crippen molar-refractivity contribution in [2.45, 2.75) is 6.92 Å². The summed E-state index contributed by atoms with van der Waals surface area (Å²) in [5.41, 5.74) is 2.33. The van der Waals surface area contributed by atoms with Crippen LogP contribution >= 0.6 is 11.6 Å². The van der Waals surface area contributed by atoms with Gasteiger partial charge in [0.2, 0.25) is 0 Å². The fourth-order valence-corrected chi connectivity index (χ4v) is 0.315. The summed E-state index contributed by atoms with van der Waals surface area (Å²) >= 11 is 5.19. The topological polar surface area (TPSA) is 50.4 Å². The second kappa shape index (κ2) is 3.89. The molecule has 3 N–H and O–H groups in total. The van der Waals surface area contributed by atoms with Crippen LogP contribution in [-0.4, -0.2) is 11.8 Å². The highest BCUT2D eigenvalue weighted by Crippen LogP contribution is 1.74. The molecule has 0 unspecified atom stereocenters. The molecule has 0 aromatic rings. The van der Waals surface area contributed by atoms with E-state index in [1.165, 1.54) is 0 Å².